The van der Waals surface area contributed by atoms with E-state index in [0.717, 1.165) is 18.4 Å². The van der Waals surface area contributed by atoms with E-state index in [0.29, 0.717) is 32.7 Å². The lowest BCUT2D eigenvalue weighted by atomic mass is 10.0. The summed E-state index contributed by atoms with van der Waals surface area (Å²) >= 11 is 0. The normalized spacial score (nSPS) is 21.2. The third-order valence-electron chi connectivity index (χ3n) is 4.01. The molecule has 0 radical (unpaired) electrons. The van der Waals surface area contributed by atoms with Crippen molar-refractivity contribution in [3.63, 3.8) is 0 Å². The Morgan fingerprint density at radius 2 is 2.05 bits per heavy atom. The van der Waals surface area contributed by atoms with E-state index in [1.165, 1.54) is 5.56 Å². The molecule has 19 heavy (non-hydrogen) atoms. The highest BCUT2D eigenvalue weighted by atomic mass is 16.5. The third kappa shape index (κ3) is 2.80. The molecule has 0 spiro atoms. The summed E-state index contributed by atoms with van der Waals surface area (Å²) in [5.74, 6) is 0.183. The van der Waals surface area contributed by atoms with Crippen LogP contribution in [0.15, 0.2) is 24.3 Å². The smallest absolute Gasteiger partial charge is 0.227 e. The molecule has 0 atom stereocenters. The van der Waals surface area contributed by atoms with Gasteiger partial charge in [0.1, 0.15) is 0 Å². The van der Waals surface area contributed by atoms with Gasteiger partial charge >= 0.3 is 0 Å². The maximum atomic E-state index is 12.2. The van der Waals surface area contributed by atoms with Crippen LogP contribution in [0.2, 0.25) is 0 Å². The quantitative estimate of drug-likeness (QED) is 0.883. The predicted octanol–water partition coefficient (Wildman–Crippen LogP) is 1.04. The Morgan fingerprint density at radius 3 is 2.74 bits per heavy atom. The van der Waals surface area contributed by atoms with Crippen LogP contribution < -0.4 is 5.73 Å². The largest absolute Gasteiger partial charge is 0.378 e. The molecule has 1 aromatic rings. The Labute approximate surface area is 113 Å². The Morgan fingerprint density at radius 1 is 1.32 bits per heavy atom. The SMILES string of the molecule is NC1(c2cccc(CC(=O)N3CCOCC3)c2)CC1. The van der Waals surface area contributed by atoms with Crippen LogP contribution >= 0.6 is 0 Å². The third-order valence-corrected chi connectivity index (χ3v) is 4.01. The van der Waals surface area contributed by atoms with Crippen LogP contribution in [0.4, 0.5) is 0 Å². The topological polar surface area (TPSA) is 55.6 Å². The fourth-order valence-corrected chi connectivity index (χ4v) is 2.51. The van der Waals surface area contributed by atoms with Crippen LogP contribution in [0.3, 0.4) is 0 Å². The van der Waals surface area contributed by atoms with Crippen LogP contribution in [0, 0.1) is 0 Å². The van der Waals surface area contributed by atoms with Crippen LogP contribution in [0.5, 0.6) is 0 Å². The Bertz CT molecular complexity index is 477. The van der Waals surface area contributed by atoms with Crippen molar-refractivity contribution in [2.45, 2.75) is 24.8 Å². The summed E-state index contributed by atoms with van der Waals surface area (Å²) in [7, 11) is 0. The number of amides is 1. The van der Waals surface area contributed by atoms with Gasteiger partial charge in [-0.25, -0.2) is 0 Å². The van der Waals surface area contributed by atoms with Crippen LogP contribution in [0.25, 0.3) is 0 Å². The summed E-state index contributed by atoms with van der Waals surface area (Å²) in [6.45, 7) is 2.72. The molecule has 3 rings (SSSR count). The Kier molecular flexibility index (Phi) is 3.29. The summed E-state index contributed by atoms with van der Waals surface area (Å²) in [4.78, 5) is 14.1. The van der Waals surface area contributed by atoms with Crippen molar-refractivity contribution < 1.29 is 9.53 Å². The average molecular weight is 260 g/mol. The first kappa shape index (κ1) is 12.6. The first-order valence-electron chi connectivity index (χ1n) is 6.91. The van der Waals surface area contributed by atoms with E-state index in [2.05, 4.69) is 12.1 Å². The number of ether oxygens (including phenoxy) is 1. The van der Waals surface area contributed by atoms with Gasteiger partial charge < -0.3 is 15.4 Å². The zero-order valence-corrected chi connectivity index (χ0v) is 11.1. The van der Waals surface area contributed by atoms with Crippen molar-refractivity contribution in [1.29, 1.82) is 0 Å². The second-order valence-electron chi connectivity index (χ2n) is 5.53. The second-order valence-corrected chi connectivity index (χ2v) is 5.53. The van der Waals surface area contributed by atoms with Gasteiger partial charge in [0.15, 0.2) is 0 Å². The fraction of sp³-hybridized carbons (Fsp3) is 0.533. The van der Waals surface area contributed by atoms with Crippen molar-refractivity contribution in [2.24, 2.45) is 5.73 Å². The van der Waals surface area contributed by atoms with Crippen LogP contribution in [-0.4, -0.2) is 37.1 Å². The molecule has 4 heteroatoms. The van der Waals surface area contributed by atoms with Crippen LogP contribution in [0.1, 0.15) is 24.0 Å². The molecule has 1 aliphatic heterocycles. The minimum absolute atomic E-state index is 0.127. The van der Waals surface area contributed by atoms with E-state index in [-0.39, 0.29) is 11.4 Å². The molecule has 1 heterocycles. The Hall–Kier alpha value is -1.39. The summed E-state index contributed by atoms with van der Waals surface area (Å²) < 4.78 is 5.26. The fourth-order valence-electron chi connectivity index (χ4n) is 2.51. The molecule has 1 saturated carbocycles. The van der Waals surface area contributed by atoms with Crippen molar-refractivity contribution in [3.8, 4) is 0 Å². The molecule has 4 nitrogen and oxygen atoms in total. The molecule has 1 aliphatic carbocycles. The molecule has 2 fully saturated rings. The molecule has 102 valence electrons. The number of rotatable bonds is 3. The zero-order valence-electron chi connectivity index (χ0n) is 11.1. The highest BCUT2D eigenvalue weighted by Crippen LogP contribution is 2.42. The number of hydrogen-bond acceptors (Lipinski definition) is 3. The highest BCUT2D eigenvalue weighted by Gasteiger charge is 2.39. The molecule has 0 bridgehead atoms. The number of hydrogen-bond donors (Lipinski definition) is 1. The molecule has 0 unspecified atom stereocenters. The summed E-state index contributed by atoms with van der Waals surface area (Å²) in [6.07, 6.45) is 2.56. The van der Waals surface area contributed by atoms with Gasteiger partial charge in [-0.1, -0.05) is 24.3 Å². The Balaban J connectivity index is 1.67. The molecular weight excluding hydrogens is 240 g/mol. The lowest BCUT2D eigenvalue weighted by molar-refractivity contribution is -0.134. The number of morpholine rings is 1. The average Bonchev–Trinajstić information content (AvgIpc) is 3.19. The molecule has 1 saturated heterocycles. The lowest BCUT2D eigenvalue weighted by Gasteiger charge is -2.27. The van der Waals surface area contributed by atoms with E-state index < -0.39 is 0 Å². The molecule has 1 aromatic carbocycles. The van der Waals surface area contributed by atoms with Crippen LogP contribution in [-0.2, 0) is 21.5 Å². The summed E-state index contributed by atoms with van der Waals surface area (Å²) in [5, 5.41) is 0. The van der Waals surface area contributed by atoms with Crippen molar-refractivity contribution in [1.82, 2.24) is 4.90 Å². The van der Waals surface area contributed by atoms with Gasteiger partial charge in [0, 0.05) is 18.6 Å². The second kappa shape index (κ2) is 4.94. The first-order chi connectivity index (χ1) is 9.17. The van der Waals surface area contributed by atoms with Gasteiger partial charge in [-0.2, -0.15) is 0 Å². The van der Waals surface area contributed by atoms with Crippen molar-refractivity contribution >= 4 is 5.91 Å². The standard InChI is InChI=1S/C15H20N2O2/c16-15(4-5-15)13-3-1-2-12(10-13)11-14(18)17-6-8-19-9-7-17/h1-3,10H,4-9,11,16H2. The zero-order chi connectivity index (χ0) is 13.3. The number of carbonyl (C=O) groups excluding carboxylic acids is 1. The molecule has 1 amide bonds. The monoisotopic (exact) mass is 260 g/mol. The molecule has 2 aliphatic rings. The van der Waals surface area contributed by atoms with E-state index in [9.17, 15) is 4.79 Å². The maximum absolute atomic E-state index is 12.2. The predicted molar refractivity (Wildman–Crippen MR) is 72.6 cm³/mol. The van der Waals surface area contributed by atoms with Gasteiger partial charge in [0.25, 0.3) is 0 Å². The minimum atomic E-state index is -0.127. The number of nitrogens with two attached hydrogens (primary N) is 1. The molecule has 0 aromatic heterocycles. The van der Waals surface area contributed by atoms with Gasteiger partial charge in [-0.05, 0) is 24.0 Å². The minimum Gasteiger partial charge on any atom is -0.378 e. The van der Waals surface area contributed by atoms with E-state index in [4.69, 9.17) is 10.5 Å². The number of nitrogens with zero attached hydrogens (tertiary/aromatic N) is 1. The van der Waals surface area contributed by atoms with Gasteiger partial charge in [-0.3, -0.25) is 4.79 Å². The number of benzene rings is 1. The van der Waals surface area contributed by atoms with E-state index >= 15 is 0 Å². The lowest BCUT2D eigenvalue weighted by Crippen LogP contribution is -2.41. The molecule has 2 N–H and O–H groups in total. The highest BCUT2D eigenvalue weighted by molar-refractivity contribution is 5.79. The maximum Gasteiger partial charge on any atom is 0.227 e. The van der Waals surface area contributed by atoms with Gasteiger partial charge in [-0.15, -0.1) is 0 Å². The summed E-state index contributed by atoms with van der Waals surface area (Å²) in [6, 6.07) is 8.17. The number of carbonyl (C=O) groups is 1. The van der Waals surface area contributed by atoms with E-state index in [1.807, 2.05) is 17.0 Å². The first-order valence-corrected chi connectivity index (χ1v) is 6.91. The van der Waals surface area contributed by atoms with Crippen molar-refractivity contribution in [3.05, 3.63) is 35.4 Å². The summed E-state index contributed by atoms with van der Waals surface area (Å²) in [5.41, 5.74) is 8.30. The van der Waals surface area contributed by atoms with Crippen molar-refractivity contribution in [2.75, 3.05) is 26.3 Å². The molecular formula is C15H20N2O2. The van der Waals surface area contributed by atoms with Gasteiger partial charge in [0.05, 0.1) is 19.6 Å². The van der Waals surface area contributed by atoms with Gasteiger partial charge in [0.2, 0.25) is 5.91 Å². The van der Waals surface area contributed by atoms with E-state index in [1.54, 1.807) is 0 Å².